The molecular weight excluding hydrogens is 323 g/mol. The minimum absolute atomic E-state index is 0. The molecule has 2 aliphatic rings. The van der Waals surface area contributed by atoms with Gasteiger partial charge < -0.3 is 10.0 Å². The highest BCUT2D eigenvalue weighted by Crippen LogP contribution is 2.29. The Hall–Kier alpha value is -1.66. The molecule has 1 aromatic carbocycles. The number of carbonyl (C=O) groups is 2. The molecule has 5 nitrogen and oxygen atoms in total. The number of benzene rings is 1. The lowest BCUT2D eigenvalue weighted by Crippen LogP contribution is -2.48. The predicted molar refractivity (Wildman–Crippen MR) is 86.3 cm³/mol. The number of carboxylic acids is 1. The van der Waals surface area contributed by atoms with E-state index in [2.05, 4.69) is 0 Å². The number of hydrogen-bond acceptors (Lipinski definition) is 3. The van der Waals surface area contributed by atoms with Gasteiger partial charge in [-0.2, -0.15) is 0 Å². The summed E-state index contributed by atoms with van der Waals surface area (Å²) in [5, 5.41) is 9.16. The Morgan fingerprint density at radius 3 is 2.65 bits per heavy atom. The summed E-state index contributed by atoms with van der Waals surface area (Å²) in [6, 6.07) is 5.92. The van der Waals surface area contributed by atoms with Gasteiger partial charge in [0.2, 0.25) is 5.91 Å². The maximum atomic E-state index is 13.9. The number of hydrogen-bond donors (Lipinski definition) is 1. The van der Waals surface area contributed by atoms with Gasteiger partial charge in [0.05, 0.1) is 17.6 Å². The van der Waals surface area contributed by atoms with Gasteiger partial charge in [0.1, 0.15) is 5.82 Å². The van der Waals surface area contributed by atoms with Gasteiger partial charge >= 0.3 is 5.97 Å². The highest BCUT2D eigenvalue weighted by Gasteiger charge is 2.40. The van der Waals surface area contributed by atoms with Crippen molar-refractivity contribution in [3.8, 4) is 0 Å². The lowest BCUT2D eigenvalue weighted by molar-refractivity contribution is -0.144. The largest absolute Gasteiger partial charge is 0.481 e. The summed E-state index contributed by atoms with van der Waals surface area (Å²) < 4.78 is 13.9. The number of piperidine rings is 1. The summed E-state index contributed by atoms with van der Waals surface area (Å²) in [5.74, 6) is -1.75. The first kappa shape index (κ1) is 17.7. The molecule has 0 saturated carbocycles. The Morgan fingerprint density at radius 2 is 1.96 bits per heavy atom. The van der Waals surface area contributed by atoms with Gasteiger partial charge in [-0.1, -0.05) is 12.1 Å². The Labute approximate surface area is 140 Å². The fraction of sp³-hybridized carbons (Fsp3) is 0.500. The number of rotatable bonds is 3. The SMILES string of the molecule is Cl.O=C(O)C1CCCN(C2CCN(c3ccccc3F)C2=O)C1. The fourth-order valence-corrected chi connectivity index (χ4v) is 3.40. The molecule has 1 N–H and O–H groups in total. The third-order valence-corrected chi connectivity index (χ3v) is 4.56. The van der Waals surface area contributed by atoms with E-state index in [4.69, 9.17) is 5.11 Å². The topological polar surface area (TPSA) is 60.9 Å². The van der Waals surface area contributed by atoms with E-state index in [1.54, 1.807) is 18.2 Å². The molecule has 0 aliphatic carbocycles. The van der Waals surface area contributed by atoms with Crippen LogP contribution in [0.2, 0.25) is 0 Å². The number of likely N-dealkylation sites (tertiary alicyclic amines) is 1. The molecule has 7 heteroatoms. The zero-order valence-electron chi connectivity index (χ0n) is 12.7. The first-order valence-electron chi connectivity index (χ1n) is 7.60. The normalized spacial score (nSPS) is 25.3. The Balaban J connectivity index is 0.00000192. The van der Waals surface area contributed by atoms with Gasteiger partial charge in [0.25, 0.3) is 0 Å². The molecule has 2 atom stereocenters. The van der Waals surface area contributed by atoms with Crippen molar-refractivity contribution in [1.29, 1.82) is 0 Å². The van der Waals surface area contributed by atoms with Crippen molar-refractivity contribution in [2.24, 2.45) is 5.92 Å². The average molecular weight is 343 g/mol. The third kappa shape index (κ3) is 3.48. The van der Waals surface area contributed by atoms with Crippen molar-refractivity contribution in [3.63, 3.8) is 0 Å². The first-order chi connectivity index (χ1) is 10.6. The van der Waals surface area contributed by atoms with E-state index in [-0.39, 0.29) is 24.4 Å². The minimum atomic E-state index is -0.805. The van der Waals surface area contributed by atoms with Crippen LogP contribution in [0.15, 0.2) is 24.3 Å². The zero-order chi connectivity index (χ0) is 15.7. The Kier molecular flexibility index (Phi) is 5.59. The van der Waals surface area contributed by atoms with Crippen LogP contribution in [0.1, 0.15) is 19.3 Å². The Bertz CT molecular complexity index is 598. The first-order valence-corrected chi connectivity index (χ1v) is 7.60. The smallest absolute Gasteiger partial charge is 0.307 e. The van der Waals surface area contributed by atoms with Gasteiger partial charge in [-0.3, -0.25) is 14.5 Å². The minimum Gasteiger partial charge on any atom is -0.481 e. The molecule has 0 aromatic heterocycles. The maximum Gasteiger partial charge on any atom is 0.307 e. The summed E-state index contributed by atoms with van der Waals surface area (Å²) in [6.07, 6.45) is 2.05. The van der Waals surface area contributed by atoms with E-state index >= 15 is 0 Å². The lowest BCUT2D eigenvalue weighted by atomic mass is 9.96. The number of aliphatic carboxylic acids is 1. The summed E-state index contributed by atoms with van der Waals surface area (Å²) >= 11 is 0. The van der Waals surface area contributed by atoms with Crippen LogP contribution in [-0.4, -0.2) is 47.6 Å². The fourth-order valence-electron chi connectivity index (χ4n) is 3.40. The molecule has 2 aliphatic heterocycles. The summed E-state index contributed by atoms with van der Waals surface area (Å²) in [6.45, 7) is 1.60. The molecule has 2 unspecified atom stereocenters. The summed E-state index contributed by atoms with van der Waals surface area (Å²) in [5.41, 5.74) is 0.307. The molecule has 23 heavy (non-hydrogen) atoms. The highest BCUT2D eigenvalue weighted by atomic mass is 35.5. The van der Waals surface area contributed by atoms with Crippen LogP contribution in [0, 0.1) is 11.7 Å². The van der Waals surface area contributed by atoms with Crippen molar-refractivity contribution in [1.82, 2.24) is 4.90 Å². The van der Waals surface area contributed by atoms with Crippen LogP contribution in [0.25, 0.3) is 0 Å². The molecule has 1 aromatic rings. The van der Waals surface area contributed by atoms with Crippen molar-refractivity contribution in [2.45, 2.75) is 25.3 Å². The molecule has 3 rings (SSSR count). The molecule has 2 heterocycles. The third-order valence-electron chi connectivity index (χ3n) is 4.56. The molecule has 2 saturated heterocycles. The van der Waals surface area contributed by atoms with Gasteiger partial charge in [-0.05, 0) is 37.9 Å². The molecule has 0 spiro atoms. The number of carbonyl (C=O) groups excluding carboxylic acids is 1. The van der Waals surface area contributed by atoms with E-state index < -0.39 is 17.7 Å². The van der Waals surface area contributed by atoms with Crippen LogP contribution in [0.5, 0.6) is 0 Å². The van der Waals surface area contributed by atoms with Crippen LogP contribution < -0.4 is 4.90 Å². The molecule has 0 bridgehead atoms. The zero-order valence-corrected chi connectivity index (χ0v) is 13.5. The van der Waals surface area contributed by atoms with Crippen LogP contribution in [0.4, 0.5) is 10.1 Å². The number of halogens is 2. The second-order valence-electron chi connectivity index (χ2n) is 5.92. The standard InChI is InChI=1S/C16H19FN2O3.ClH/c17-12-5-1-2-6-13(12)19-9-7-14(15(19)20)18-8-3-4-11(10-18)16(21)22;/h1-2,5-6,11,14H,3-4,7-10H2,(H,21,22);1H. The number of amides is 1. The monoisotopic (exact) mass is 342 g/mol. The van der Waals surface area contributed by atoms with Crippen molar-refractivity contribution in [3.05, 3.63) is 30.1 Å². The summed E-state index contributed by atoms with van der Waals surface area (Å²) in [7, 11) is 0. The van der Waals surface area contributed by atoms with Crippen molar-refractivity contribution < 1.29 is 19.1 Å². The summed E-state index contributed by atoms with van der Waals surface area (Å²) in [4.78, 5) is 27.2. The van der Waals surface area contributed by atoms with E-state index in [1.165, 1.54) is 11.0 Å². The number of carboxylic acid groups (broad SMARTS) is 1. The van der Waals surface area contributed by atoms with Crippen molar-refractivity contribution >= 4 is 30.0 Å². The molecule has 2 fully saturated rings. The molecule has 126 valence electrons. The van der Waals surface area contributed by atoms with Crippen molar-refractivity contribution in [2.75, 3.05) is 24.5 Å². The van der Waals surface area contributed by atoms with Crippen LogP contribution in [-0.2, 0) is 9.59 Å². The van der Waals surface area contributed by atoms with Crippen LogP contribution >= 0.6 is 12.4 Å². The second-order valence-corrected chi connectivity index (χ2v) is 5.92. The predicted octanol–water partition coefficient (Wildman–Crippen LogP) is 2.15. The average Bonchev–Trinajstić information content (AvgIpc) is 2.89. The number of anilines is 1. The van der Waals surface area contributed by atoms with E-state index in [0.29, 0.717) is 31.6 Å². The highest BCUT2D eigenvalue weighted by molar-refractivity contribution is 5.99. The number of para-hydroxylation sites is 1. The van der Waals surface area contributed by atoms with Gasteiger partial charge in [0.15, 0.2) is 0 Å². The van der Waals surface area contributed by atoms with E-state index in [0.717, 1.165) is 13.0 Å². The van der Waals surface area contributed by atoms with Crippen LogP contribution in [0.3, 0.4) is 0 Å². The second kappa shape index (κ2) is 7.27. The van der Waals surface area contributed by atoms with Gasteiger partial charge in [-0.15, -0.1) is 12.4 Å². The maximum absolute atomic E-state index is 13.9. The lowest BCUT2D eigenvalue weighted by Gasteiger charge is -2.34. The van der Waals surface area contributed by atoms with E-state index in [1.807, 2.05) is 4.90 Å². The number of nitrogens with zero attached hydrogens (tertiary/aromatic N) is 2. The quantitative estimate of drug-likeness (QED) is 0.914. The molecule has 1 amide bonds. The molecular formula is C16H20ClFN2O3. The van der Waals surface area contributed by atoms with Gasteiger partial charge in [0, 0.05) is 13.1 Å². The Morgan fingerprint density at radius 1 is 1.22 bits per heavy atom. The van der Waals surface area contributed by atoms with E-state index in [9.17, 15) is 14.0 Å². The van der Waals surface area contributed by atoms with Gasteiger partial charge in [-0.25, -0.2) is 4.39 Å². The molecule has 0 radical (unpaired) electrons.